The molecule has 0 fully saturated rings. The predicted molar refractivity (Wildman–Crippen MR) is 72.5 cm³/mol. The Morgan fingerprint density at radius 2 is 2.33 bits per heavy atom. The van der Waals surface area contributed by atoms with Crippen LogP contribution in [-0.2, 0) is 4.74 Å². The third-order valence-electron chi connectivity index (χ3n) is 2.72. The number of hydrogen-bond donors (Lipinski definition) is 2. The van der Waals surface area contributed by atoms with E-state index in [4.69, 9.17) is 22.1 Å². The van der Waals surface area contributed by atoms with Gasteiger partial charge < -0.3 is 15.5 Å². The summed E-state index contributed by atoms with van der Waals surface area (Å²) in [5, 5.41) is 0.701. The molecule has 0 aliphatic carbocycles. The maximum absolute atomic E-state index is 6.00. The summed E-state index contributed by atoms with van der Waals surface area (Å²) in [5.74, 6) is 0.766. The summed E-state index contributed by atoms with van der Waals surface area (Å²) in [5.41, 5.74) is 7.92. The number of nitrogens with zero attached hydrogens (tertiary/aromatic N) is 1. The van der Waals surface area contributed by atoms with Crippen LogP contribution in [0, 0.1) is 0 Å². The molecule has 2 rings (SSSR count). The summed E-state index contributed by atoms with van der Waals surface area (Å²) in [4.78, 5) is 7.51. The molecule has 0 radical (unpaired) electrons. The van der Waals surface area contributed by atoms with E-state index in [9.17, 15) is 0 Å². The van der Waals surface area contributed by atoms with E-state index < -0.39 is 0 Å². The number of methoxy groups -OCH3 is 1. The summed E-state index contributed by atoms with van der Waals surface area (Å²) >= 11 is 5.96. The van der Waals surface area contributed by atoms with Gasteiger partial charge in [-0.05, 0) is 18.6 Å². The number of nitrogens with two attached hydrogens (primary N) is 1. The van der Waals surface area contributed by atoms with Crippen LogP contribution in [0.3, 0.4) is 0 Å². The minimum absolute atomic E-state index is 0.141. The van der Waals surface area contributed by atoms with Gasteiger partial charge in [-0.1, -0.05) is 23.7 Å². The van der Waals surface area contributed by atoms with Gasteiger partial charge >= 0.3 is 0 Å². The topological polar surface area (TPSA) is 63.9 Å². The number of H-pyrrole nitrogens is 1. The molecule has 0 bridgehead atoms. The maximum Gasteiger partial charge on any atom is 0.123 e. The van der Waals surface area contributed by atoms with E-state index in [0.29, 0.717) is 11.6 Å². The van der Waals surface area contributed by atoms with Crippen LogP contribution in [0.1, 0.15) is 18.3 Å². The molecule has 4 nitrogen and oxygen atoms in total. The molecule has 1 heterocycles. The van der Waals surface area contributed by atoms with E-state index >= 15 is 0 Å². The van der Waals surface area contributed by atoms with Crippen LogP contribution in [0.4, 0.5) is 0 Å². The second-order valence-electron chi connectivity index (χ2n) is 4.08. The number of halogens is 1. The van der Waals surface area contributed by atoms with Gasteiger partial charge in [-0.25, -0.2) is 4.98 Å². The van der Waals surface area contributed by atoms with E-state index in [1.165, 1.54) is 0 Å². The van der Waals surface area contributed by atoms with Crippen LogP contribution in [0.5, 0.6) is 0 Å². The summed E-state index contributed by atoms with van der Waals surface area (Å²) in [6.07, 6.45) is 2.51. The molecule has 0 saturated heterocycles. The van der Waals surface area contributed by atoms with Crippen molar-refractivity contribution in [1.29, 1.82) is 0 Å². The molecule has 1 atom stereocenters. The lowest BCUT2D eigenvalue weighted by molar-refractivity contribution is 0.187. The first kappa shape index (κ1) is 13.1. The molecule has 1 unspecified atom stereocenters. The van der Waals surface area contributed by atoms with Crippen molar-refractivity contribution in [3.8, 4) is 11.3 Å². The summed E-state index contributed by atoms with van der Waals surface area (Å²) in [6.45, 7) is 0.619. The third-order valence-corrected chi connectivity index (χ3v) is 2.95. The van der Waals surface area contributed by atoms with Crippen LogP contribution in [0.25, 0.3) is 11.3 Å². The SMILES string of the molecule is COCCC(N)c1ncc(-c2cccc(Cl)c2)[nH]1. The number of ether oxygens (including phenoxy) is 1. The van der Waals surface area contributed by atoms with Crippen LogP contribution in [-0.4, -0.2) is 23.7 Å². The van der Waals surface area contributed by atoms with Crippen molar-refractivity contribution >= 4 is 11.6 Å². The molecule has 5 heteroatoms. The van der Waals surface area contributed by atoms with Gasteiger partial charge in [0.05, 0.1) is 17.9 Å². The van der Waals surface area contributed by atoms with Gasteiger partial charge in [-0.3, -0.25) is 0 Å². The first-order valence-electron chi connectivity index (χ1n) is 5.76. The van der Waals surface area contributed by atoms with Crippen molar-refractivity contribution in [2.75, 3.05) is 13.7 Å². The second-order valence-corrected chi connectivity index (χ2v) is 4.52. The van der Waals surface area contributed by atoms with Crippen LogP contribution in [0.2, 0.25) is 5.02 Å². The van der Waals surface area contributed by atoms with Gasteiger partial charge in [0.25, 0.3) is 0 Å². The molecule has 0 aliphatic rings. The van der Waals surface area contributed by atoms with E-state index in [1.54, 1.807) is 13.3 Å². The lowest BCUT2D eigenvalue weighted by atomic mass is 10.2. The van der Waals surface area contributed by atoms with Gasteiger partial charge in [0.15, 0.2) is 0 Å². The largest absolute Gasteiger partial charge is 0.385 e. The number of benzene rings is 1. The zero-order valence-corrected chi connectivity index (χ0v) is 10.9. The maximum atomic E-state index is 6.00. The lowest BCUT2D eigenvalue weighted by Gasteiger charge is -2.07. The molecule has 0 aliphatic heterocycles. The smallest absolute Gasteiger partial charge is 0.123 e. The first-order chi connectivity index (χ1) is 8.70. The van der Waals surface area contributed by atoms with E-state index in [2.05, 4.69) is 9.97 Å². The molecule has 1 aromatic carbocycles. The monoisotopic (exact) mass is 265 g/mol. The molecule has 1 aromatic heterocycles. The minimum Gasteiger partial charge on any atom is -0.385 e. The molecule has 0 saturated carbocycles. The fourth-order valence-corrected chi connectivity index (χ4v) is 1.90. The molecule has 2 aromatic rings. The third kappa shape index (κ3) is 3.10. The van der Waals surface area contributed by atoms with E-state index in [0.717, 1.165) is 23.5 Å². The van der Waals surface area contributed by atoms with Crippen molar-refractivity contribution in [3.05, 3.63) is 41.3 Å². The highest BCUT2D eigenvalue weighted by molar-refractivity contribution is 6.30. The Morgan fingerprint density at radius 3 is 3.06 bits per heavy atom. The standard InChI is InChI=1S/C13H16ClN3O/c1-18-6-5-11(15)13-16-8-12(17-13)9-3-2-4-10(14)7-9/h2-4,7-8,11H,5-6,15H2,1H3,(H,16,17). The second kappa shape index (κ2) is 6.00. The molecule has 96 valence electrons. The fourth-order valence-electron chi connectivity index (χ4n) is 1.71. The van der Waals surface area contributed by atoms with Crippen LogP contribution in [0.15, 0.2) is 30.5 Å². The van der Waals surface area contributed by atoms with E-state index in [-0.39, 0.29) is 6.04 Å². The van der Waals surface area contributed by atoms with Crippen molar-refractivity contribution in [1.82, 2.24) is 9.97 Å². The average Bonchev–Trinajstić information content (AvgIpc) is 2.85. The minimum atomic E-state index is -0.141. The molecule has 18 heavy (non-hydrogen) atoms. The quantitative estimate of drug-likeness (QED) is 0.874. The Labute approximate surface area is 111 Å². The number of imidazole rings is 1. The van der Waals surface area contributed by atoms with Crippen LogP contribution >= 0.6 is 11.6 Å². The van der Waals surface area contributed by atoms with Crippen molar-refractivity contribution < 1.29 is 4.74 Å². The van der Waals surface area contributed by atoms with Gasteiger partial charge in [-0.2, -0.15) is 0 Å². The summed E-state index contributed by atoms with van der Waals surface area (Å²) in [7, 11) is 1.66. The van der Waals surface area contributed by atoms with Gasteiger partial charge in [0.2, 0.25) is 0 Å². The molecular weight excluding hydrogens is 250 g/mol. The Balaban J connectivity index is 2.15. The highest BCUT2D eigenvalue weighted by Gasteiger charge is 2.10. The Kier molecular flexibility index (Phi) is 4.36. The van der Waals surface area contributed by atoms with Gasteiger partial charge in [-0.15, -0.1) is 0 Å². The zero-order valence-electron chi connectivity index (χ0n) is 10.2. The highest BCUT2D eigenvalue weighted by atomic mass is 35.5. The van der Waals surface area contributed by atoms with Crippen molar-refractivity contribution in [2.45, 2.75) is 12.5 Å². The predicted octanol–water partition coefficient (Wildman–Crippen LogP) is 2.77. The lowest BCUT2D eigenvalue weighted by Crippen LogP contribution is -2.14. The summed E-state index contributed by atoms with van der Waals surface area (Å²) in [6, 6.07) is 7.47. The van der Waals surface area contributed by atoms with Gasteiger partial charge in [0.1, 0.15) is 5.82 Å². The highest BCUT2D eigenvalue weighted by Crippen LogP contribution is 2.22. The van der Waals surface area contributed by atoms with Crippen molar-refractivity contribution in [2.24, 2.45) is 5.73 Å². The summed E-state index contributed by atoms with van der Waals surface area (Å²) < 4.78 is 5.00. The normalized spacial score (nSPS) is 12.6. The van der Waals surface area contributed by atoms with Gasteiger partial charge in [0, 0.05) is 24.3 Å². The van der Waals surface area contributed by atoms with E-state index in [1.807, 2.05) is 24.3 Å². The molecule has 3 N–H and O–H groups in total. The number of hydrogen-bond acceptors (Lipinski definition) is 3. The average molecular weight is 266 g/mol. The molecular formula is C13H16ClN3O. The first-order valence-corrected chi connectivity index (χ1v) is 6.14. The fraction of sp³-hybridized carbons (Fsp3) is 0.308. The Hall–Kier alpha value is -1.36. The molecule has 0 amide bonds. The number of aromatic amines is 1. The number of rotatable bonds is 5. The zero-order chi connectivity index (χ0) is 13.0. The number of aromatic nitrogens is 2. The van der Waals surface area contributed by atoms with Crippen molar-refractivity contribution in [3.63, 3.8) is 0 Å². The Morgan fingerprint density at radius 1 is 1.50 bits per heavy atom. The molecule has 0 spiro atoms. The Bertz CT molecular complexity index is 512. The van der Waals surface area contributed by atoms with Crippen LogP contribution < -0.4 is 5.73 Å². The number of nitrogens with one attached hydrogen (secondary N) is 1.